The van der Waals surface area contributed by atoms with Gasteiger partial charge in [-0.2, -0.15) is 0 Å². The van der Waals surface area contributed by atoms with Crippen LogP contribution >= 0.6 is 0 Å². The molecule has 0 radical (unpaired) electrons. The molecule has 11 heteroatoms. The molecule has 0 saturated heterocycles. The number of anilines is 1. The second-order valence-corrected chi connectivity index (χ2v) is 11.2. The van der Waals surface area contributed by atoms with Gasteiger partial charge in [0.15, 0.2) is 0 Å². The van der Waals surface area contributed by atoms with Gasteiger partial charge in [0.05, 0.1) is 33.3 Å². The summed E-state index contributed by atoms with van der Waals surface area (Å²) in [6, 6.07) is 20.2. The normalized spacial score (nSPS) is 11.7. The van der Waals surface area contributed by atoms with Crippen LogP contribution < -0.4 is 23.8 Å². The maximum atomic E-state index is 14.1. The summed E-state index contributed by atoms with van der Waals surface area (Å²) >= 11 is 0. The summed E-state index contributed by atoms with van der Waals surface area (Å²) < 4.78 is 43.1. The van der Waals surface area contributed by atoms with Crippen molar-refractivity contribution < 1.29 is 32.2 Å². The predicted molar refractivity (Wildman–Crippen MR) is 158 cm³/mol. The second-order valence-electron chi connectivity index (χ2n) is 9.28. The number of nitrogens with one attached hydrogen (secondary N) is 1. The molecule has 1 atom stereocenters. The highest BCUT2D eigenvalue weighted by Crippen LogP contribution is 2.34. The van der Waals surface area contributed by atoms with Crippen molar-refractivity contribution in [1.29, 1.82) is 0 Å². The first-order chi connectivity index (χ1) is 19.6. The van der Waals surface area contributed by atoms with E-state index in [1.54, 1.807) is 44.4 Å². The first-order valence-corrected chi connectivity index (χ1v) is 14.9. The number of hydrogen-bond donors (Lipinski definition) is 1. The fourth-order valence-corrected chi connectivity index (χ4v) is 5.25. The van der Waals surface area contributed by atoms with Crippen LogP contribution in [0.2, 0.25) is 0 Å². The average molecular weight is 584 g/mol. The highest BCUT2D eigenvalue weighted by Gasteiger charge is 2.33. The summed E-state index contributed by atoms with van der Waals surface area (Å²) in [5.41, 5.74) is 1.74. The van der Waals surface area contributed by atoms with Gasteiger partial charge in [0.2, 0.25) is 21.8 Å². The molecule has 0 aliphatic heterocycles. The van der Waals surface area contributed by atoms with E-state index in [4.69, 9.17) is 14.2 Å². The lowest BCUT2D eigenvalue weighted by atomic mass is 10.0. The number of methoxy groups -OCH3 is 3. The Bertz CT molecular complexity index is 1430. The molecule has 0 aliphatic carbocycles. The van der Waals surface area contributed by atoms with Crippen LogP contribution in [0.1, 0.15) is 18.1 Å². The van der Waals surface area contributed by atoms with Gasteiger partial charge in [-0.25, -0.2) is 8.42 Å². The number of ether oxygens (including phenoxy) is 3. The van der Waals surface area contributed by atoms with Crippen molar-refractivity contribution in [3.63, 3.8) is 0 Å². The van der Waals surface area contributed by atoms with Gasteiger partial charge in [-0.05, 0) is 42.3 Å². The molecule has 3 rings (SSSR count). The summed E-state index contributed by atoms with van der Waals surface area (Å²) in [4.78, 5) is 29.0. The summed E-state index contributed by atoms with van der Waals surface area (Å²) in [6.07, 6.45) is 1.24. The zero-order valence-corrected chi connectivity index (χ0v) is 24.8. The van der Waals surface area contributed by atoms with Gasteiger partial charge >= 0.3 is 0 Å². The van der Waals surface area contributed by atoms with E-state index in [0.29, 0.717) is 23.6 Å². The molecule has 0 fully saturated rings. The van der Waals surface area contributed by atoms with Crippen LogP contribution in [0.3, 0.4) is 0 Å². The lowest BCUT2D eigenvalue weighted by Gasteiger charge is -2.33. The molecule has 0 aliphatic rings. The van der Waals surface area contributed by atoms with E-state index in [2.05, 4.69) is 5.32 Å². The monoisotopic (exact) mass is 583 g/mol. The van der Waals surface area contributed by atoms with E-state index >= 15 is 0 Å². The third-order valence-corrected chi connectivity index (χ3v) is 7.57. The van der Waals surface area contributed by atoms with E-state index in [0.717, 1.165) is 16.1 Å². The van der Waals surface area contributed by atoms with Crippen LogP contribution in [0.25, 0.3) is 0 Å². The van der Waals surface area contributed by atoms with Crippen molar-refractivity contribution in [2.24, 2.45) is 0 Å². The molecule has 3 aromatic rings. The Balaban J connectivity index is 2.09. The molecule has 3 aromatic carbocycles. The van der Waals surface area contributed by atoms with E-state index in [9.17, 15) is 18.0 Å². The first kappa shape index (κ1) is 31.3. The number of carbonyl (C=O) groups excluding carboxylic acids is 2. The molecule has 1 unspecified atom stereocenters. The Morgan fingerprint density at radius 1 is 0.854 bits per heavy atom. The van der Waals surface area contributed by atoms with Crippen LogP contribution in [-0.2, 0) is 32.6 Å². The number of sulfonamides is 1. The summed E-state index contributed by atoms with van der Waals surface area (Å²) in [7, 11) is 0.477. The molecule has 1 N–H and O–H groups in total. The standard InChI is InChI=1S/C30H37N3O7S/c1-6-31-30(35)27(18-22-11-8-7-9-12-22)32(20-23-13-10-14-24(17-23)38-2)29(34)21-33(41(5,36)37)26-16-15-25(39-3)19-28(26)40-4/h7-17,19,27H,6,18,20-21H2,1-5H3,(H,31,35). The minimum absolute atomic E-state index is 0.0437. The fourth-order valence-electron chi connectivity index (χ4n) is 4.40. The van der Waals surface area contributed by atoms with Gasteiger partial charge in [0.1, 0.15) is 29.8 Å². The smallest absolute Gasteiger partial charge is 0.244 e. The van der Waals surface area contributed by atoms with Gasteiger partial charge in [-0.3, -0.25) is 13.9 Å². The lowest BCUT2D eigenvalue weighted by Crippen LogP contribution is -2.53. The molecule has 41 heavy (non-hydrogen) atoms. The maximum Gasteiger partial charge on any atom is 0.244 e. The molecule has 0 aromatic heterocycles. The number of likely N-dealkylation sites (N-methyl/N-ethyl adjacent to an activating group) is 1. The molecule has 0 spiro atoms. The molecule has 0 bridgehead atoms. The highest BCUT2D eigenvalue weighted by molar-refractivity contribution is 7.92. The van der Waals surface area contributed by atoms with Gasteiger partial charge < -0.3 is 24.4 Å². The molecule has 10 nitrogen and oxygen atoms in total. The quantitative estimate of drug-likeness (QED) is 0.310. The predicted octanol–water partition coefficient (Wildman–Crippen LogP) is 3.25. The van der Waals surface area contributed by atoms with Gasteiger partial charge in [-0.15, -0.1) is 0 Å². The largest absolute Gasteiger partial charge is 0.497 e. The summed E-state index contributed by atoms with van der Waals surface area (Å²) in [5.74, 6) is 0.354. The van der Waals surface area contributed by atoms with Crippen molar-refractivity contribution in [2.45, 2.75) is 25.9 Å². The molecule has 0 heterocycles. The number of carbonyl (C=O) groups is 2. The molecule has 220 valence electrons. The Morgan fingerprint density at radius 2 is 1.51 bits per heavy atom. The van der Waals surface area contributed by atoms with Gasteiger partial charge in [0.25, 0.3) is 0 Å². The van der Waals surface area contributed by atoms with Crippen molar-refractivity contribution in [3.05, 3.63) is 83.9 Å². The van der Waals surface area contributed by atoms with Gasteiger partial charge in [-0.1, -0.05) is 42.5 Å². The number of benzene rings is 3. The number of nitrogens with zero attached hydrogens (tertiary/aromatic N) is 2. The molecular weight excluding hydrogens is 546 g/mol. The van der Waals surface area contributed by atoms with Crippen molar-refractivity contribution in [2.75, 3.05) is 45.0 Å². The van der Waals surface area contributed by atoms with E-state index in [1.165, 1.54) is 25.2 Å². The van der Waals surface area contributed by atoms with Gasteiger partial charge in [0, 0.05) is 25.6 Å². The minimum atomic E-state index is -3.95. The maximum absolute atomic E-state index is 14.1. The Kier molecular flexibility index (Phi) is 11.0. The van der Waals surface area contributed by atoms with E-state index < -0.39 is 28.5 Å². The lowest BCUT2D eigenvalue weighted by molar-refractivity contribution is -0.140. The number of rotatable bonds is 14. The fraction of sp³-hybridized carbons (Fsp3) is 0.333. The molecule has 2 amide bonds. The summed E-state index contributed by atoms with van der Waals surface area (Å²) in [5, 5.41) is 2.83. The zero-order valence-electron chi connectivity index (χ0n) is 24.0. The van der Waals surface area contributed by atoms with Crippen molar-refractivity contribution >= 4 is 27.5 Å². The Hall–Kier alpha value is -4.25. The number of hydrogen-bond acceptors (Lipinski definition) is 7. The van der Waals surface area contributed by atoms with Crippen LogP contribution in [0, 0.1) is 0 Å². The average Bonchev–Trinajstić information content (AvgIpc) is 2.97. The molecular formula is C30H37N3O7S. The third-order valence-electron chi connectivity index (χ3n) is 6.44. The van der Waals surface area contributed by atoms with Crippen LogP contribution in [0.4, 0.5) is 5.69 Å². The molecule has 0 saturated carbocycles. The van der Waals surface area contributed by atoms with Crippen LogP contribution in [-0.4, -0.2) is 71.8 Å². The Labute approximate surface area is 241 Å². The van der Waals surface area contributed by atoms with Crippen molar-refractivity contribution in [3.8, 4) is 17.2 Å². The minimum Gasteiger partial charge on any atom is -0.497 e. The zero-order chi connectivity index (χ0) is 30.0. The van der Waals surface area contributed by atoms with E-state index in [-0.39, 0.29) is 30.3 Å². The van der Waals surface area contributed by atoms with E-state index in [1.807, 2.05) is 36.4 Å². The number of amides is 2. The second kappa shape index (κ2) is 14.4. The SMILES string of the molecule is CCNC(=O)C(Cc1ccccc1)N(Cc1cccc(OC)c1)C(=O)CN(c1ccc(OC)cc1OC)S(C)(=O)=O. The third kappa shape index (κ3) is 8.37. The highest BCUT2D eigenvalue weighted by atomic mass is 32.2. The Morgan fingerprint density at radius 3 is 2.12 bits per heavy atom. The first-order valence-electron chi connectivity index (χ1n) is 13.0. The van der Waals surface area contributed by atoms with Crippen LogP contribution in [0.15, 0.2) is 72.8 Å². The summed E-state index contributed by atoms with van der Waals surface area (Å²) in [6.45, 7) is 1.65. The van der Waals surface area contributed by atoms with Crippen LogP contribution in [0.5, 0.6) is 17.2 Å². The van der Waals surface area contributed by atoms with Crippen molar-refractivity contribution in [1.82, 2.24) is 10.2 Å². The topological polar surface area (TPSA) is 114 Å².